The maximum absolute atomic E-state index is 5.43. The van der Waals surface area contributed by atoms with Gasteiger partial charge in [0.05, 0.1) is 6.04 Å². The highest BCUT2D eigenvalue weighted by Gasteiger charge is 2.08. The minimum Gasteiger partial charge on any atom is -0.271 e. The maximum Gasteiger partial charge on any atom is 0.0556 e. The van der Waals surface area contributed by atoms with Crippen LogP contribution in [0, 0.1) is 0 Å². The average Bonchev–Trinajstić information content (AvgIpc) is 2.59. The Bertz CT molecular complexity index is 218. The lowest BCUT2D eigenvalue weighted by atomic mass is 10.1. The zero-order valence-corrected chi connectivity index (χ0v) is 7.81. The number of hydrogen-bond donors (Lipinski definition) is 2. The van der Waals surface area contributed by atoms with E-state index < -0.39 is 0 Å². The molecule has 0 saturated carbocycles. The first-order chi connectivity index (χ1) is 5.88. The molecule has 0 aliphatic heterocycles. The molecule has 0 amide bonds. The van der Waals surface area contributed by atoms with E-state index in [0.717, 1.165) is 12.8 Å². The number of nitrogens with two attached hydrogens (primary N) is 1. The summed E-state index contributed by atoms with van der Waals surface area (Å²) in [4.78, 5) is 1.29. The zero-order valence-electron chi connectivity index (χ0n) is 6.99. The quantitative estimate of drug-likeness (QED) is 0.416. The van der Waals surface area contributed by atoms with Crippen LogP contribution in [0.1, 0.15) is 23.8 Å². The largest absolute Gasteiger partial charge is 0.271 e. The highest BCUT2D eigenvalue weighted by molar-refractivity contribution is 7.10. The van der Waals surface area contributed by atoms with E-state index in [2.05, 4.69) is 23.5 Å². The van der Waals surface area contributed by atoms with Crippen LogP contribution in [0.15, 0.2) is 30.2 Å². The van der Waals surface area contributed by atoms with Crippen LogP contribution >= 0.6 is 11.3 Å². The van der Waals surface area contributed by atoms with Crippen LogP contribution in [-0.4, -0.2) is 0 Å². The molecule has 0 bridgehead atoms. The second kappa shape index (κ2) is 5.09. The molecule has 1 unspecified atom stereocenters. The van der Waals surface area contributed by atoms with Crippen molar-refractivity contribution in [1.29, 1.82) is 0 Å². The lowest BCUT2D eigenvalue weighted by molar-refractivity contribution is 0.529. The molecule has 0 aromatic carbocycles. The van der Waals surface area contributed by atoms with Crippen molar-refractivity contribution in [3.63, 3.8) is 0 Å². The Morgan fingerprint density at radius 3 is 3.08 bits per heavy atom. The topological polar surface area (TPSA) is 38.0 Å². The Balaban J connectivity index is 2.51. The summed E-state index contributed by atoms with van der Waals surface area (Å²) in [6.45, 7) is 3.68. The van der Waals surface area contributed by atoms with Gasteiger partial charge in [-0.15, -0.1) is 17.9 Å². The van der Waals surface area contributed by atoms with Crippen LogP contribution < -0.4 is 11.3 Å². The van der Waals surface area contributed by atoms with Crippen molar-refractivity contribution in [2.75, 3.05) is 0 Å². The minimum absolute atomic E-state index is 0.281. The zero-order chi connectivity index (χ0) is 8.81. The molecule has 1 atom stereocenters. The Hall–Kier alpha value is -0.640. The summed E-state index contributed by atoms with van der Waals surface area (Å²) in [7, 11) is 0. The summed E-state index contributed by atoms with van der Waals surface area (Å²) in [5, 5.41) is 2.06. The predicted octanol–water partition coefficient (Wildman–Crippen LogP) is 2.22. The molecule has 0 aliphatic rings. The van der Waals surface area contributed by atoms with Gasteiger partial charge in [0.15, 0.2) is 0 Å². The van der Waals surface area contributed by atoms with Gasteiger partial charge in [-0.25, -0.2) is 0 Å². The third kappa shape index (κ3) is 2.44. The lowest BCUT2D eigenvalue weighted by Gasteiger charge is -2.12. The standard InChI is InChI=1S/C9H14N2S/c1-2-3-5-8(11-10)9-6-4-7-12-9/h2,4,6-8,11H,1,3,5,10H2. The van der Waals surface area contributed by atoms with E-state index in [4.69, 9.17) is 5.84 Å². The minimum atomic E-state index is 0.281. The summed E-state index contributed by atoms with van der Waals surface area (Å²) in [5.41, 5.74) is 2.80. The molecule has 0 aliphatic carbocycles. The Morgan fingerprint density at radius 1 is 1.75 bits per heavy atom. The fourth-order valence-corrected chi connectivity index (χ4v) is 1.90. The number of rotatable bonds is 5. The van der Waals surface area contributed by atoms with Crippen LogP contribution in [-0.2, 0) is 0 Å². The normalized spacial score (nSPS) is 12.8. The van der Waals surface area contributed by atoms with Crippen molar-refractivity contribution < 1.29 is 0 Å². The summed E-state index contributed by atoms with van der Waals surface area (Å²) in [6, 6.07) is 4.42. The molecular formula is C9H14N2S. The number of nitrogens with one attached hydrogen (secondary N) is 1. The van der Waals surface area contributed by atoms with E-state index in [1.54, 1.807) is 11.3 Å². The summed E-state index contributed by atoms with van der Waals surface area (Å²) < 4.78 is 0. The lowest BCUT2D eigenvalue weighted by Crippen LogP contribution is -2.27. The molecule has 1 heterocycles. The molecule has 3 heteroatoms. The van der Waals surface area contributed by atoms with Crippen molar-refractivity contribution in [3.8, 4) is 0 Å². The van der Waals surface area contributed by atoms with Gasteiger partial charge < -0.3 is 0 Å². The number of hydrazine groups is 1. The SMILES string of the molecule is C=CCCC(NN)c1cccs1. The van der Waals surface area contributed by atoms with E-state index in [1.807, 2.05) is 12.1 Å². The fraction of sp³-hybridized carbons (Fsp3) is 0.333. The maximum atomic E-state index is 5.43. The molecule has 3 N–H and O–H groups in total. The van der Waals surface area contributed by atoms with Crippen molar-refractivity contribution in [2.24, 2.45) is 5.84 Å². The number of thiophene rings is 1. The summed E-state index contributed by atoms with van der Waals surface area (Å²) >= 11 is 1.73. The molecule has 1 aromatic rings. The van der Waals surface area contributed by atoms with Gasteiger partial charge >= 0.3 is 0 Å². The molecule has 0 fully saturated rings. The van der Waals surface area contributed by atoms with Gasteiger partial charge in [-0.3, -0.25) is 11.3 Å². The van der Waals surface area contributed by atoms with Crippen LogP contribution in [0.4, 0.5) is 0 Å². The van der Waals surface area contributed by atoms with Gasteiger partial charge in [0.2, 0.25) is 0 Å². The van der Waals surface area contributed by atoms with Crippen molar-refractivity contribution in [2.45, 2.75) is 18.9 Å². The Morgan fingerprint density at radius 2 is 2.58 bits per heavy atom. The summed E-state index contributed by atoms with van der Waals surface area (Å²) in [5.74, 6) is 5.43. The van der Waals surface area contributed by atoms with Crippen molar-refractivity contribution >= 4 is 11.3 Å². The number of hydrogen-bond acceptors (Lipinski definition) is 3. The third-order valence-corrected chi connectivity index (χ3v) is 2.73. The highest BCUT2D eigenvalue weighted by Crippen LogP contribution is 2.22. The third-order valence-electron chi connectivity index (χ3n) is 1.75. The van der Waals surface area contributed by atoms with Crippen molar-refractivity contribution in [1.82, 2.24) is 5.43 Å². The molecule has 0 saturated heterocycles. The molecule has 1 rings (SSSR count). The predicted molar refractivity (Wildman–Crippen MR) is 53.8 cm³/mol. The first kappa shape index (κ1) is 9.45. The molecule has 66 valence electrons. The second-order valence-electron chi connectivity index (χ2n) is 2.60. The Labute approximate surface area is 77.1 Å². The monoisotopic (exact) mass is 182 g/mol. The molecule has 0 radical (unpaired) electrons. The van der Waals surface area contributed by atoms with Crippen LogP contribution in [0.3, 0.4) is 0 Å². The average molecular weight is 182 g/mol. The molecular weight excluding hydrogens is 168 g/mol. The molecule has 0 spiro atoms. The smallest absolute Gasteiger partial charge is 0.0556 e. The Kier molecular flexibility index (Phi) is 4.00. The van der Waals surface area contributed by atoms with Gasteiger partial charge in [0, 0.05) is 4.88 Å². The van der Waals surface area contributed by atoms with Crippen molar-refractivity contribution in [3.05, 3.63) is 35.0 Å². The second-order valence-corrected chi connectivity index (χ2v) is 3.58. The van der Waals surface area contributed by atoms with Crippen LogP contribution in [0.5, 0.6) is 0 Å². The van der Waals surface area contributed by atoms with E-state index in [0.29, 0.717) is 0 Å². The van der Waals surface area contributed by atoms with Gasteiger partial charge in [-0.1, -0.05) is 12.1 Å². The molecule has 2 nitrogen and oxygen atoms in total. The van der Waals surface area contributed by atoms with E-state index >= 15 is 0 Å². The van der Waals surface area contributed by atoms with Gasteiger partial charge in [-0.2, -0.15) is 0 Å². The van der Waals surface area contributed by atoms with E-state index in [1.165, 1.54) is 4.88 Å². The van der Waals surface area contributed by atoms with Crippen LogP contribution in [0.25, 0.3) is 0 Å². The fourth-order valence-electron chi connectivity index (χ4n) is 1.08. The molecule has 1 aromatic heterocycles. The van der Waals surface area contributed by atoms with E-state index in [-0.39, 0.29) is 6.04 Å². The number of allylic oxidation sites excluding steroid dienone is 1. The van der Waals surface area contributed by atoms with Gasteiger partial charge in [0.25, 0.3) is 0 Å². The van der Waals surface area contributed by atoms with Gasteiger partial charge in [-0.05, 0) is 24.3 Å². The first-order valence-corrected chi connectivity index (χ1v) is 4.87. The van der Waals surface area contributed by atoms with Gasteiger partial charge in [0.1, 0.15) is 0 Å². The molecule has 12 heavy (non-hydrogen) atoms. The van der Waals surface area contributed by atoms with E-state index in [9.17, 15) is 0 Å². The highest BCUT2D eigenvalue weighted by atomic mass is 32.1. The summed E-state index contributed by atoms with van der Waals surface area (Å²) in [6.07, 6.45) is 3.92. The first-order valence-electron chi connectivity index (χ1n) is 3.99. The van der Waals surface area contributed by atoms with Crippen LogP contribution in [0.2, 0.25) is 0 Å².